The van der Waals surface area contributed by atoms with E-state index in [0.717, 1.165) is 5.01 Å². The number of thiazole rings is 1. The predicted octanol–water partition coefficient (Wildman–Crippen LogP) is 1.40. The molecule has 0 aliphatic rings. The molecule has 1 unspecified atom stereocenters. The highest BCUT2D eigenvalue weighted by Gasteiger charge is 2.37. The summed E-state index contributed by atoms with van der Waals surface area (Å²) in [6.07, 6.45) is 0. The van der Waals surface area contributed by atoms with Crippen LogP contribution in [0, 0.1) is 6.92 Å². The molecule has 1 heterocycles. The first-order chi connectivity index (χ1) is 6.00. The Hall–Kier alpha value is -0.940. The first-order valence-corrected chi connectivity index (χ1v) is 4.60. The number of rotatable bonds is 3. The molecule has 1 rings (SSSR count). The first kappa shape index (κ1) is 10.1. The maximum absolute atomic E-state index is 10.9. The molecule has 0 saturated carbocycles. The Balaban J connectivity index is 3.09. The monoisotopic (exact) mass is 201 g/mol. The van der Waals surface area contributed by atoms with Crippen LogP contribution in [0.4, 0.5) is 0 Å². The Morgan fingerprint density at radius 3 is 2.69 bits per heavy atom. The second-order valence-electron chi connectivity index (χ2n) is 2.79. The van der Waals surface area contributed by atoms with Crippen LogP contribution in [0.5, 0.6) is 0 Å². The van der Waals surface area contributed by atoms with Crippen molar-refractivity contribution in [2.45, 2.75) is 19.4 Å². The molecule has 0 saturated heterocycles. The quantitative estimate of drug-likeness (QED) is 0.803. The molecule has 0 radical (unpaired) electrons. The number of nitrogens with zero attached hydrogens (tertiary/aromatic N) is 1. The highest BCUT2D eigenvalue weighted by Crippen LogP contribution is 2.25. The summed E-state index contributed by atoms with van der Waals surface area (Å²) in [6, 6.07) is 0. The van der Waals surface area contributed by atoms with Crippen molar-refractivity contribution in [3.63, 3.8) is 0 Å². The Bertz CT molecular complexity index is 323. The number of carboxylic acid groups (broad SMARTS) is 1. The molecule has 0 aliphatic heterocycles. The highest BCUT2D eigenvalue weighted by molar-refractivity contribution is 7.09. The van der Waals surface area contributed by atoms with Crippen LogP contribution in [0.1, 0.15) is 17.6 Å². The van der Waals surface area contributed by atoms with Gasteiger partial charge < -0.3 is 9.84 Å². The van der Waals surface area contributed by atoms with Gasteiger partial charge in [-0.15, -0.1) is 11.3 Å². The fourth-order valence-electron chi connectivity index (χ4n) is 0.884. The number of hydrogen-bond acceptors (Lipinski definition) is 4. The van der Waals surface area contributed by atoms with Gasteiger partial charge in [-0.05, 0) is 13.8 Å². The lowest BCUT2D eigenvalue weighted by Crippen LogP contribution is -2.34. The van der Waals surface area contributed by atoms with E-state index in [9.17, 15) is 4.79 Å². The summed E-state index contributed by atoms with van der Waals surface area (Å²) in [5, 5.41) is 11.5. The van der Waals surface area contributed by atoms with E-state index in [0.29, 0.717) is 5.69 Å². The van der Waals surface area contributed by atoms with Gasteiger partial charge in [-0.3, -0.25) is 0 Å². The zero-order chi connectivity index (χ0) is 10.1. The SMILES string of the molecule is COC(C)(C(=O)O)c1csc(C)n1. The van der Waals surface area contributed by atoms with Crippen molar-refractivity contribution in [3.05, 3.63) is 16.1 Å². The molecule has 1 aromatic rings. The van der Waals surface area contributed by atoms with Gasteiger partial charge in [0.1, 0.15) is 0 Å². The second kappa shape index (κ2) is 3.43. The van der Waals surface area contributed by atoms with E-state index in [1.54, 1.807) is 5.38 Å². The molecule has 0 fully saturated rings. The molecule has 1 aromatic heterocycles. The number of hydrogen-bond donors (Lipinski definition) is 1. The Morgan fingerprint density at radius 2 is 2.38 bits per heavy atom. The van der Waals surface area contributed by atoms with Gasteiger partial charge in [-0.1, -0.05) is 0 Å². The van der Waals surface area contributed by atoms with Gasteiger partial charge in [0.2, 0.25) is 5.60 Å². The minimum Gasteiger partial charge on any atom is -0.479 e. The molecule has 0 spiro atoms. The third-order valence-corrected chi connectivity index (χ3v) is 2.70. The maximum Gasteiger partial charge on any atom is 0.342 e. The van der Waals surface area contributed by atoms with Gasteiger partial charge in [-0.25, -0.2) is 9.78 Å². The van der Waals surface area contributed by atoms with Crippen molar-refractivity contribution >= 4 is 17.3 Å². The molecule has 1 N–H and O–H groups in total. The van der Waals surface area contributed by atoms with Crippen LogP contribution >= 0.6 is 11.3 Å². The molecule has 4 nitrogen and oxygen atoms in total. The molecule has 13 heavy (non-hydrogen) atoms. The van der Waals surface area contributed by atoms with E-state index in [1.807, 2.05) is 6.92 Å². The summed E-state index contributed by atoms with van der Waals surface area (Å²) in [4.78, 5) is 15.0. The number of methoxy groups -OCH3 is 1. The lowest BCUT2D eigenvalue weighted by Gasteiger charge is -2.20. The van der Waals surface area contributed by atoms with Gasteiger partial charge in [-0.2, -0.15) is 0 Å². The second-order valence-corrected chi connectivity index (χ2v) is 3.86. The van der Waals surface area contributed by atoms with Crippen molar-refractivity contribution in [2.24, 2.45) is 0 Å². The van der Waals surface area contributed by atoms with Gasteiger partial charge >= 0.3 is 5.97 Å². The van der Waals surface area contributed by atoms with Crippen LogP contribution in [0.3, 0.4) is 0 Å². The van der Waals surface area contributed by atoms with Crippen molar-refractivity contribution < 1.29 is 14.6 Å². The van der Waals surface area contributed by atoms with E-state index in [2.05, 4.69) is 4.98 Å². The Kier molecular flexibility index (Phi) is 2.68. The number of aliphatic carboxylic acids is 1. The highest BCUT2D eigenvalue weighted by atomic mass is 32.1. The number of aryl methyl sites for hydroxylation is 1. The number of ether oxygens (including phenoxy) is 1. The van der Waals surface area contributed by atoms with Crippen LogP contribution < -0.4 is 0 Å². The molecule has 0 amide bonds. The zero-order valence-corrected chi connectivity index (χ0v) is 8.51. The number of carboxylic acids is 1. The zero-order valence-electron chi connectivity index (χ0n) is 7.70. The smallest absolute Gasteiger partial charge is 0.342 e. The summed E-state index contributed by atoms with van der Waals surface area (Å²) < 4.78 is 4.94. The normalized spacial score (nSPS) is 15.3. The van der Waals surface area contributed by atoms with Gasteiger partial charge in [0.05, 0.1) is 10.7 Å². The summed E-state index contributed by atoms with van der Waals surface area (Å²) in [7, 11) is 1.36. The van der Waals surface area contributed by atoms with Gasteiger partial charge in [0.15, 0.2) is 0 Å². The minimum absolute atomic E-state index is 0.449. The van der Waals surface area contributed by atoms with Crippen molar-refractivity contribution in [1.82, 2.24) is 4.98 Å². The van der Waals surface area contributed by atoms with E-state index in [1.165, 1.54) is 25.4 Å². The first-order valence-electron chi connectivity index (χ1n) is 3.72. The van der Waals surface area contributed by atoms with Crippen molar-refractivity contribution in [2.75, 3.05) is 7.11 Å². The van der Waals surface area contributed by atoms with Crippen molar-refractivity contribution in [3.8, 4) is 0 Å². The largest absolute Gasteiger partial charge is 0.479 e. The molecule has 5 heteroatoms. The minimum atomic E-state index is -1.33. The van der Waals surface area contributed by atoms with Crippen molar-refractivity contribution in [1.29, 1.82) is 0 Å². The average molecular weight is 201 g/mol. The summed E-state index contributed by atoms with van der Waals surface area (Å²) in [6.45, 7) is 3.32. The van der Waals surface area contributed by atoms with E-state index >= 15 is 0 Å². The van der Waals surface area contributed by atoms with Crippen LogP contribution in [-0.4, -0.2) is 23.2 Å². The third-order valence-electron chi connectivity index (χ3n) is 1.92. The van der Waals surface area contributed by atoms with Crippen LogP contribution in [-0.2, 0) is 15.1 Å². The standard InChI is InChI=1S/C8H11NO3S/c1-5-9-6(4-13-5)8(2,12-3)7(10)11/h4H,1-3H3,(H,10,11). The fourth-order valence-corrected chi connectivity index (χ4v) is 1.59. The lowest BCUT2D eigenvalue weighted by molar-refractivity contribution is -0.161. The Morgan fingerprint density at radius 1 is 1.77 bits per heavy atom. The molecule has 0 aliphatic carbocycles. The average Bonchev–Trinajstić information content (AvgIpc) is 2.50. The molecule has 0 bridgehead atoms. The molecule has 72 valence electrons. The van der Waals surface area contributed by atoms with E-state index in [4.69, 9.17) is 9.84 Å². The summed E-state index contributed by atoms with van der Waals surface area (Å²) in [5.41, 5.74) is -0.880. The third kappa shape index (κ3) is 1.71. The maximum atomic E-state index is 10.9. The van der Waals surface area contributed by atoms with Gasteiger partial charge in [0.25, 0.3) is 0 Å². The predicted molar refractivity (Wildman–Crippen MR) is 48.8 cm³/mol. The molecule has 1 atom stereocenters. The number of carbonyl (C=O) groups is 1. The van der Waals surface area contributed by atoms with Crippen LogP contribution in [0.25, 0.3) is 0 Å². The topological polar surface area (TPSA) is 59.4 Å². The lowest BCUT2D eigenvalue weighted by atomic mass is 10.0. The summed E-state index contributed by atoms with van der Waals surface area (Å²) >= 11 is 1.41. The van der Waals surface area contributed by atoms with Crippen LogP contribution in [0.15, 0.2) is 5.38 Å². The summed E-state index contributed by atoms with van der Waals surface area (Å²) in [5.74, 6) is -1.03. The Labute approximate surface area is 80.2 Å². The molecule has 0 aromatic carbocycles. The van der Waals surface area contributed by atoms with E-state index < -0.39 is 11.6 Å². The molecular formula is C8H11NO3S. The molecular weight excluding hydrogens is 190 g/mol. The fraction of sp³-hybridized carbons (Fsp3) is 0.500. The van der Waals surface area contributed by atoms with Crippen LogP contribution in [0.2, 0.25) is 0 Å². The van der Waals surface area contributed by atoms with Gasteiger partial charge in [0, 0.05) is 12.5 Å². The van der Waals surface area contributed by atoms with E-state index in [-0.39, 0.29) is 0 Å². The number of aromatic nitrogens is 1.